The van der Waals surface area contributed by atoms with Crippen LogP contribution in [0.15, 0.2) is 24.3 Å². The number of benzene rings is 1. The molecular formula is C17H27I. The highest BCUT2D eigenvalue weighted by atomic mass is 127. The standard InChI is InChI=1S/C17H27I/c1-3-4-5-6-7-8-13-17(18)14-16-12-10-9-11-15(16)2/h9-12,17H,3-8,13-14H2,1-2H3. The van der Waals surface area contributed by atoms with Crippen molar-refractivity contribution in [2.45, 2.75) is 69.1 Å². The van der Waals surface area contributed by atoms with Crippen molar-refractivity contribution >= 4 is 22.6 Å². The van der Waals surface area contributed by atoms with Gasteiger partial charge in [-0.15, -0.1) is 0 Å². The zero-order valence-corrected chi connectivity index (χ0v) is 14.1. The van der Waals surface area contributed by atoms with Crippen LogP contribution in [0.3, 0.4) is 0 Å². The molecule has 18 heavy (non-hydrogen) atoms. The second-order valence-corrected chi connectivity index (χ2v) is 7.05. The van der Waals surface area contributed by atoms with E-state index >= 15 is 0 Å². The predicted molar refractivity (Wildman–Crippen MR) is 90.7 cm³/mol. The molecule has 0 aromatic heterocycles. The first-order valence-corrected chi connectivity index (χ1v) is 8.67. The fourth-order valence-corrected chi connectivity index (χ4v) is 3.24. The van der Waals surface area contributed by atoms with E-state index in [2.05, 4.69) is 60.7 Å². The molecule has 0 amide bonds. The highest BCUT2D eigenvalue weighted by Crippen LogP contribution is 2.19. The van der Waals surface area contributed by atoms with E-state index in [0.717, 1.165) is 3.92 Å². The summed E-state index contributed by atoms with van der Waals surface area (Å²) in [7, 11) is 0. The van der Waals surface area contributed by atoms with Crippen LogP contribution in [-0.2, 0) is 6.42 Å². The summed E-state index contributed by atoms with van der Waals surface area (Å²) in [4.78, 5) is 0. The van der Waals surface area contributed by atoms with Crippen molar-refractivity contribution in [1.82, 2.24) is 0 Å². The van der Waals surface area contributed by atoms with E-state index in [0.29, 0.717) is 0 Å². The van der Waals surface area contributed by atoms with E-state index in [4.69, 9.17) is 0 Å². The van der Waals surface area contributed by atoms with Crippen LogP contribution in [-0.4, -0.2) is 3.92 Å². The molecule has 1 aromatic carbocycles. The fraction of sp³-hybridized carbons (Fsp3) is 0.647. The van der Waals surface area contributed by atoms with Crippen LogP contribution in [0, 0.1) is 6.92 Å². The molecule has 0 saturated heterocycles. The number of unbranched alkanes of at least 4 members (excludes halogenated alkanes) is 5. The molecule has 1 rings (SSSR count). The van der Waals surface area contributed by atoms with Crippen molar-refractivity contribution in [1.29, 1.82) is 0 Å². The van der Waals surface area contributed by atoms with Gasteiger partial charge in [0.1, 0.15) is 0 Å². The summed E-state index contributed by atoms with van der Waals surface area (Å²) >= 11 is 2.63. The van der Waals surface area contributed by atoms with Gasteiger partial charge < -0.3 is 0 Å². The van der Waals surface area contributed by atoms with Crippen LogP contribution < -0.4 is 0 Å². The van der Waals surface area contributed by atoms with Crippen LogP contribution in [0.25, 0.3) is 0 Å². The lowest BCUT2D eigenvalue weighted by molar-refractivity contribution is 0.585. The number of alkyl halides is 1. The van der Waals surface area contributed by atoms with E-state index in [-0.39, 0.29) is 0 Å². The maximum atomic E-state index is 2.63. The minimum Gasteiger partial charge on any atom is -0.0823 e. The van der Waals surface area contributed by atoms with E-state index in [9.17, 15) is 0 Å². The fourth-order valence-electron chi connectivity index (χ4n) is 2.33. The summed E-state index contributed by atoms with van der Waals surface area (Å²) in [5.74, 6) is 0. The summed E-state index contributed by atoms with van der Waals surface area (Å²) in [6.07, 6.45) is 11.1. The van der Waals surface area contributed by atoms with Crippen LogP contribution in [0.4, 0.5) is 0 Å². The van der Waals surface area contributed by atoms with Crippen molar-refractivity contribution in [3.8, 4) is 0 Å². The first-order chi connectivity index (χ1) is 8.74. The zero-order valence-electron chi connectivity index (χ0n) is 11.9. The largest absolute Gasteiger partial charge is 0.0823 e. The number of hydrogen-bond acceptors (Lipinski definition) is 0. The molecule has 0 aliphatic rings. The molecule has 0 aliphatic heterocycles. The second kappa shape index (κ2) is 9.82. The minimum absolute atomic E-state index is 0.801. The maximum absolute atomic E-state index is 2.63. The van der Waals surface area contributed by atoms with E-state index in [1.807, 2.05) is 0 Å². The molecule has 1 atom stereocenters. The lowest BCUT2D eigenvalue weighted by Gasteiger charge is -2.11. The Kier molecular flexibility index (Phi) is 8.74. The molecule has 0 radical (unpaired) electrons. The third-order valence-corrected chi connectivity index (χ3v) is 4.64. The van der Waals surface area contributed by atoms with Crippen molar-refractivity contribution < 1.29 is 0 Å². The smallest absolute Gasteiger partial charge is 0.0150 e. The van der Waals surface area contributed by atoms with Gasteiger partial charge in [0.25, 0.3) is 0 Å². The topological polar surface area (TPSA) is 0 Å². The number of hydrogen-bond donors (Lipinski definition) is 0. The van der Waals surface area contributed by atoms with Crippen molar-refractivity contribution in [2.24, 2.45) is 0 Å². The summed E-state index contributed by atoms with van der Waals surface area (Å²) in [5, 5.41) is 0. The van der Waals surface area contributed by atoms with Gasteiger partial charge in [0.2, 0.25) is 0 Å². The Labute approximate surface area is 127 Å². The number of aryl methyl sites for hydroxylation is 1. The van der Waals surface area contributed by atoms with Crippen molar-refractivity contribution in [3.05, 3.63) is 35.4 Å². The van der Waals surface area contributed by atoms with Crippen LogP contribution in [0.5, 0.6) is 0 Å². The van der Waals surface area contributed by atoms with E-state index < -0.39 is 0 Å². The normalized spacial score (nSPS) is 12.6. The maximum Gasteiger partial charge on any atom is 0.0150 e. The zero-order chi connectivity index (χ0) is 13.2. The third-order valence-electron chi connectivity index (χ3n) is 3.57. The van der Waals surface area contributed by atoms with Gasteiger partial charge in [0.05, 0.1) is 0 Å². The molecule has 0 saturated carbocycles. The summed E-state index contributed by atoms with van der Waals surface area (Å²) < 4.78 is 0.801. The molecule has 0 N–H and O–H groups in total. The molecule has 0 spiro atoms. The lowest BCUT2D eigenvalue weighted by atomic mass is 10.0. The van der Waals surface area contributed by atoms with E-state index in [1.54, 1.807) is 0 Å². The Balaban J connectivity index is 2.14. The van der Waals surface area contributed by atoms with Gasteiger partial charge in [-0.3, -0.25) is 0 Å². The average molecular weight is 358 g/mol. The van der Waals surface area contributed by atoms with Gasteiger partial charge in [-0.2, -0.15) is 0 Å². The van der Waals surface area contributed by atoms with Gasteiger partial charge in [0.15, 0.2) is 0 Å². The van der Waals surface area contributed by atoms with Crippen molar-refractivity contribution in [3.63, 3.8) is 0 Å². The first-order valence-electron chi connectivity index (χ1n) is 7.42. The summed E-state index contributed by atoms with van der Waals surface area (Å²) in [6.45, 7) is 4.51. The van der Waals surface area contributed by atoms with Gasteiger partial charge in [-0.1, -0.05) is 92.3 Å². The van der Waals surface area contributed by atoms with Gasteiger partial charge in [-0.25, -0.2) is 0 Å². The molecule has 1 unspecified atom stereocenters. The Bertz CT molecular complexity index is 319. The van der Waals surface area contributed by atoms with Crippen molar-refractivity contribution in [2.75, 3.05) is 0 Å². The van der Waals surface area contributed by atoms with Crippen LogP contribution in [0.1, 0.15) is 63.0 Å². The highest BCUT2D eigenvalue weighted by molar-refractivity contribution is 14.1. The van der Waals surface area contributed by atoms with Gasteiger partial charge in [0, 0.05) is 3.92 Å². The summed E-state index contributed by atoms with van der Waals surface area (Å²) in [5.41, 5.74) is 2.98. The molecule has 0 bridgehead atoms. The number of halogens is 1. The monoisotopic (exact) mass is 358 g/mol. The molecule has 0 fully saturated rings. The lowest BCUT2D eigenvalue weighted by Crippen LogP contribution is -2.03. The Morgan fingerprint density at radius 3 is 2.39 bits per heavy atom. The molecule has 1 aromatic rings. The Hall–Kier alpha value is -0.0500. The van der Waals surface area contributed by atoms with Crippen LogP contribution in [0.2, 0.25) is 0 Å². The number of rotatable bonds is 9. The second-order valence-electron chi connectivity index (χ2n) is 5.28. The average Bonchev–Trinajstić information content (AvgIpc) is 2.36. The molecule has 0 heterocycles. The molecule has 102 valence electrons. The Morgan fingerprint density at radius 2 is 1.67 bits per heavy atom. The van der Waals surface area contributed by atoms with Gasteiger partial charge in [-0.05, 0) is 30.9 Å². The predicted octanol–water partition coefficient (Wildman–Crippen LogP) is 6.09. The quantitative estimate of drug-likeness (QED) is 0.285. The molecule has 0 nitrogen and oxygen atoms in total. The first kappa shape index (κ1) is 16.0. The molecule has 0 aliphatic carbocycles. The molecule has 1 heteroatoms. The third kappa shape index (κ3) is 6.77. The minimum atomic E-state index is 0.801. The van der Waals surface area contributed by atoms with E-state index in [1.165, 1.54) is 62.5 Å². The Morgan fingerprint density at radius 1 is 1.00 bits per heavy atom. The molecular weight excluding hydrogens is 331 g/mol. The van der Waals surface area contributed by atoms with Gasteiger partial charge >= 0.3 is 0 Å². The summed E-state index contributed by atoms with van der Waals surface area (Å²) in [6, 6.07) is 8.80. The SMILES string of the molecule is CCCCCCCCC(I)Cc1ccccc1C. The highest BCUT2D eigenvalue weighted by Gasteiger charge is 2.06. The van der Waals surface area contributed by atoms with Crippen LogP contribution >= 0.6 is 22.6 Å².